The summed E-state index contributed by atoms with van der Waals surface area (Å²) in [6.45, 7) is 9.23. The van der Waals surface area contributed by atoms with Gasteiger partial charge in [-0.25, -0.2) is 9.78 Å². The number of fused-ring (bicyclic) bond motifs is 1. The molecule has 0 aliphatic rings. The molecule has 0 aliphatic carbocycles. The Bertz CT molecular complexity index is 636. The number of hydrogen-bond acceptors (Lipinski definition) is 3. The van der Waals surface area contributed by atoms with E-state index < -0.39 is 5.97 Å². The zero-order chi connectivity index (χ0) is 14.5. The molecule has 0 bridgehead atoms. The third-order valence-electron chi connectivity index (χ3n) is 2.98. The number of pyridine rings is 1. The van der Waals surface area contributed by atoms with E-state index in [-0.39, 0.29) is 5.69 Å². The first kappa shape index (κ1) is 14.0. The Balaban J connectivity index is 2.44. The quantitative estimate of drug-likeness (QED) is 0.784. The van der Waals surface area contributed by atoms with Gasteiger partial charge in [-0.1, -0.05) is 18.2 Å². The first-order chi connectivity index (χ1) is 9.67. The molecule has 0 fully saturated rings. The van der Waals surface area contributed by atoms with E-state index in [2.05, 4.69) is 18.1 Å². The predicted octanol–water partition coefficient (Wildman–Crippen LogP) is 2.21. The fourth-order valence-corrected chi connectivity index (χ4v) is 2.15. The average molecular weight is 271 g/mol. The minimum atomic E-state index is -1.01. The molecule has 0 amide bonds. The third kappa shape index (κ3) is 2.78. The lowest BCUT2D eigenvalue weighted by molar-refractivity contribution is 0.0688. The molecule has 2 aromatic rings. The molecule has 0 unspecified atom stereocenters. The number of carbonyl (C=O) groups is 1. The van der Waals surface area contributed by atoms with Crippen molar-refractivity contribution >= 4 is 11.6 Å². The number of rotatable bonds is 7. The molecule has 5 nitrogen and oxygen atoms in total. The highest BCUT2D eigenvalue weighted by Gasteiger charge is 2.19. The zero-order valence-electron chi connectivity index (χ0n) is 11.2. The van der Waals surface area contributed by atoms with E-state index in [9.17, 15) is 9.90 Å². The second-order valence-corrected chi connectivity index (χ2v) is 4.41. The molecule has 2 aromatic heterocycles. The van der Waals surface area contributed by atoms with Gasteiger partial charge >= 0.3 is 5.97 Å². The van der Waals surface area contributed by atoms with Crippen LogP contribution in [0, 0.1) is 0 Å². The first-order valence-corrected chi connectivity index (χ1v) is 6.30. The lowest BCUT2D eigenvalue weighted by atomic mass is 10.3. The molecule has 0 radical (unpaired) electrons. The highest BCUT2D eigenvalue weighted by Crippen LogP contribution is 2.15. The molecule has 0 atom stereocenters. The van der Waals surface area contributed by atoms with Crippen LogP contribution in [-0.2, 0) is 6.54 Å². The number of carboxylic acid groups (broad SMARTS) is 1. The Hall–Kier alpha value is -2.40. The van der Waals surface area contributed by atoms with Gasteiger partial charge in [-0.15, -0.1) is 13.2 Å². The van der Waals surface area contributed by atoms with Crippen molar-refractivity contribution in [2.75, 3.05) is 13.1 Å². The predicted molar refractivity (Wildman–Crippen MR) is 77.8 cm³/mol. The van der Waals surface area contributed by atoms with Crippen molar-refractivity contribution in [2.24, 2.45) is 0 Å². The van der Waals surface area contributed by atoms with Crippen LogP contribution < -0.4 is 0 Å². The Kier molecular flexibility index (Phi) is 4.32. The van der Waals surface area contributed by atoms with Crippen LogP contribution in [-0.4, -0.2) is 38.4 Å². The monoisotopic (exact) mass is 271 g/mol. The molecule has 1 N–H and O–H groups in total. The zero-order valence-corrected chi connectivity index (χ0v) is 11.2. The molecule has 0 spiro atoms. The normalized spacial score (nSPS) is 10.8. The Morgan fingerprint density at radius 2 is 2.05 bits per heavy atom. The summed E-state index contributed by atoms with van der Waals surface area (Å²) in [5.74, 6) is -1.01. The number of nitrogens with zero attached hydrogens (tertiary/aromatic N) is 3. The topological polar surface area (TPSA) is 57.8 Å². The van der Waals surface area contributed by atoms with Crippen LogP contribution in [0.15, 0.2) is 49.7 Å². The molecule has 0 saturated carbocycles. The summed E-state index contributed by atoms with van der Waals surface area (Å²) in [7, 11) is 0. The van der Waals surface area contributed by atoms with E-state index in [4.69, 9.17) is 0 Å². The first-order valence-electron chi connectivity index (χ1n) is 6.30. The van der Waals surface area contributed by atoms with E-state index in [1.807, 2.05) is 27.6 Å². The standard InChI is InChI=1S/C15H17N3O2/c1-3-8-17(9-4-2)11-12-14(15(19)20)16-13-7-5-6-10-18(12)13/h3-7,10H,1-2,8-9,11H2,(H,19,20). The second-order valence-electron chi connectivity index (χ2n) is 4.41. The van der Waals surface area contributed by atoms with Crippen LogP contribution in [0.4, 0.5) is 0 Å². The summed E-state index contributed by atoms with van der Waals surface area (Å²) in [6, 6.07) is 5.49. The van der Waals surface area contributed by atoms with Crippen molar-refractivity contribution in [3.63, 3.8) is 0 Å². The maximum Gasteiger partial charge on any atom is 0.356 e. The SMILES string of the molecule is C=CCN(CC=C)Cc1c(C(=O)O)nc2ccccn12. The van der Waals surface area contributed by atoms with E-state index in [1.165, 1.54) is 0 Å². The highest BCUT2D eigenvalue weighted by atomic mass is 16.4. The van der Waals surface area contributed by atoms with E-state index >= 15 is 0 Å². The van der Waals surface area contributed by atoms with Gasteiger partial charge < -0.3 is 9.51 Å². The molecule has 0 aromatic carbocycles. The van der Waals surface area contributed by atoms with Crippen molar-refractivity contribution in [1.82, 2.24) is 14.3 Å². The largest absolute Gasteiger partial charge is 0.476 e. The van der Waals surface area contributed by atoms with Gasteiger partial charge in [0.15, 0.2) is 5.69 Å². The van der Waals surface area contributed by atoms with E-state index in [0.29, 0.717) is 31.0 Å². The summed E-state index contributed by atoms with van der Waals surface area (Å²) in [4.78, 5) is 17.6. The number of aromatic nitrogens is 2. The van der Waals surface area contributed by atoms with Gasteiger partial charge in [-0.05, 0) is 12.1 Å². The van der Waals surface area contributed by atoms with Gasteiger partial charge in [-0.3, -0.25) is 4.90 Å². The molecule has 104 valence electrons. The Morgan fingerprint density at radius 3 is 2.65 bits per heavy atom. The van der Waals surface area contributed by atoms with Crippen LogP contribution in [0.1, 0.15) is 16.2 Å². The van der Waals surface area contributed by atoms with E-state index in [0.717, 1.165) is 0 Å². The van der Waals surface area contributed by atoms with Crippen molar-refractivity contribution < 1.29 is 9.90 Å². The summed E-state index contributed by atoms with van der Waals surface area (Å²) in [5.41, 5.74) is 1.39. The van der Waals surface area contributed by atoms with Gasteiger partial charge in [0.25, 0.3) is 0 Å². The van der Waals surface area contributed by atoms with Crippen molar-refractivity contribution in [2.45, 2.75) is 6.54 Å². The van der Waals surface area contributed by atoms with Crippen LogP contribution in [0.25, 0.3) is 5.65 Å². The molecule has 5 heteroatoms. The lowest BCUT2D eigenvalue weighted by Crippen LogP contribution is -2.25. The van der Waals surface area contributed by atoms with Gasteiger partial charge in [-0.2, -0.15) is 0 Å². The van der Waals surface area contributed by atoms with Crippen LogP contribution in [0.3, 0.4) is 0 Å². The summed E-state index contributed by atoms with van der Waals surface area (Å²) < 4.78 is 1.81. The van der Waals surface area contributed by atoms with Gasteiger partial charge in [0.05, 0.1) is 5.69 Å². The average Bonchev–Trinajstić information content (AvgIpc) is 2.79. The second kappa shape index (κ2) is 6.16. The fourth-order valence-electron chi connectivity index (χ4n) is 2.15. The Labute approximate surface area is 117 Å². The minimum Gasteiger partial charge on any atom is -0.476 e. The van der Waals surface area contributed by atoms with Crippen molar-refractivity contribution in [1.29, 1.82) is 0 Å². The van der Waals surface area contributed by atoms with Crippen LogP contribution in [0.5, 0.6) is 0 Å². The summed E-state index contributed by atoms with van der Waals surface area (Å²) >= 11 is 0. The summed E-state index contributed by atoms with van der Waals surface area (Å²) in [5, 5.41) is 9.30. The molecule has 20 heavy (non-hydrogen) atoms. The van der Waals surface area contributed by atoms with Crippen molar-refractivity contribution in [3.8, 4) is 0 Å². The van der Waals surface area contributed by atoms with Crippen LogP contribution >= 0.6 is 0 Å². The number of hydrogen-bond donors (Lipinski definition) is 1. The molecule has 0 saturated heterocycles. The number of carboxylic acids is 1. The van der Waals surface area contributed by atoms with Gasteiger partial charge in [0.2, 0.25) is 0 Å². The maximum atomic E-state index is 11.4. The Morgan fingerprint density at radius 1 is 1.35 bits per heavy atom. The third-order valence-corrected chi connectivity index (χ3v) is 2.98. The molecule has 0 aliphatic heterocycles. The number of aromatic carboxylic acids is 1. The minimum absolute atomic E-state index is 0.0920. The molecular formula is C15H17N3O2. The lowest BCUT2D eigenvalue weighted by Gasteiger charge is -2.18. The maximum absolute atomic E-state index is 11.4. The fraction of sp³-hybridized carbons (Fsp3) is 0.200. The van der Waals surface area contributed by atoms with E-state index in [1.54, 1.807) is 18.2 Å². The molecule has 2 rings (SSSR count). The van der Waals surface area contributed by atoms with Gasteiger partial charge in [0, 0.05) is 25.8 Å². The highest BCUT2D eigenvalue weighted by molar-refractivity contribution is 5.87. The smallest absolute Gasteiger partial charge is 0.356 e. The molecule has 2 heterocycles. The molecular weight excluding hydrogens is 254 g/mol. The van der Waals surface area contributed by atoms with Gasteiger partial charge in [0.1, 0.15) is 5.65 Å². The number of imidazole rings is 1. The van der Waals surface area contributed by atoms with Crippen molar-refractivity contribution in [3.05, 3.63) is 61.1 Å². The summed E-state index contributed by atoms with van der Waals surface area (Å²) in [6.07, 6.45) is 5.39. The van der Waals surface area contributed by atoms with Crippen LogP contribution in [0.2, 0.25) is 0 Å².